The molecule has 0 radical (unpaired) electrons. The highest BCUT2D eigenvalue weighted by Gasteiger charge is 2.16. The van der Waals surface area contributed by atoms with Crippen molar-refractivity contribution in [1.82, 2.24) is 10.8 Å². The summed E-state index contributed by atoms with van der Waals surface area (Å²) in [6.45, 7) is 0.993. The van der Waals surface area contributed by atoms with E-state index in [1.54, 1.807) is 6.92 Å². The molecule has 0 aliphatic heterocycles. The number of amides is 2. The molecule has 0 aliphatic carbocycles. The lowest BCUT2D eigenvalue weighted by molar-refractivity contribution is -0.135. The lowest BCUT2D eigenvalue weighted by Gasteiger charge is -2.13. The van der Waals surface area contributed by atoms with Crippen LogP contribution in [0.25, 0.3) is 0 Å². The van der Waals surface area contributed by atoms with Crippen LogP contribution in [0, 0.1) is 0 Å². The van der Waals surface area contributed by atoms with Gasteiger partial charge in [-0.2, -0.15) is 0 Å². The van der Waals surface area contributed by atoms with E-state index in [4.69, 9.17) is 10.3 Å². The zero-order valence-electron chi connectivity index (χ0n) is 6.70. The number of nitrogens with one attached hydrogen (secondary N) is 2. The van der Waals surface area contributed by atoms with E-state index in [0.29, 0.717) is 6.42 Å². The molecule has 0 heterocycles. The van der Waals surface area contributed by atoms with Crippen LogP contribution in [0.5, 0.6) is 0 Å². The maximum Gasteiger partial charge on any atom is 0.265 e. The maximum atomic E-state index is 10.7. The zero-order valence-corrected chi connectivity index (χ0v) is 6.70. The lowest BCUT2D eigenvalue weighted by atomic mass is 10.2. The molecule has 0 saturated carbocycles. The van der Waals surface area contributed by atoms with Crippen molar-refractivity contribution in [3.63, 3.8) is 0 Å². The molecule has 0 aliphatic rings. The number of aliphatic hydroxyl groups excluding tert-OH is 1. The summed E-state index contributed by atoms with van der Waals surface area (Å²) in [6, 6.07) is -0.797. The second kappa shape index (κ2) is 5.50. The largest absolute Gasteiger partial charge is 0.387 e. The first kappa shape index (κ1) is 10.9. The Kier molecular flexibility index (Phi) is 4.98. The third kappa shape index (κ3) is 3.31. The number of carbonyl (C=O) groups is 2. The molecular formula is C6H12N2O4. The van der Waals surface area contributed by atoms with Crippen LogP contribution in [-0.4, -0.2) is 34.8 Å². The summed E-state index contributed by atoms with van der Waals surface area (Å²) < 4.78 is 0. The Morgan fingerprint density at radius 3 is 2.42 bits per heavy atom. The molecule has 0 spiro atoms. The third-order valence-electron chi connectivity index (χ3n) is 1.31. The van der Waals surface area contributed by atoms with Crippen molar-refractivity contribution in [2.24, 2.45) is 0 Å². The van der Waals surface area contributed by atoms with E-state index in [0.717, 1.165) is 0 Å². The van der Waals surface area contributed by atoms with E-state index in [-0.39, 0.29) is 0 Å². The molecule has 0 aromatic rings. The topological polar surface area (TPSA) is 98.7 Å². The summed E-state index contributed by atoms with van der Waals surface area (Å²) in [5, 5.41) is 18.7. The minimum Gasteiger partial charge on any atom is -0.387 e. The molecule has 0 saturated heterocycles. The summed E-state index contributed by atoms with van der Waals surface area (Å²) >= 11 is 0. The highest BCUT2D eigenvalue weighted by atomic mass is 16.5. The molecule has 0 aromatic carbocycles. The fourth-order valence-electron chi connectivity index (χ4n) is 0.671. The molecular weight excluding hydrogens is 164 g/mol. The summed E-state index contributed by atoms with van der Waals surface area (Å²) in [5.41, 5.74) is 1.41. The van der Waals surface area contributed by atoms with Gasteiger partial charge in [0.05, 0.1) is 0 Å². The maximum absolute atomic E-state index is 10.7. The predicted molar refractivity (Wildman–Crippen MR) is 39.2 cm³/mol. The minimum atomic E-state index is -0.797. The van der Waals surface area contributed by atoms with Crippen molar-refractivity contribution in [2.45, 2.75) is 19.4 Å². The highest BCUT2D eigenvalue weighted by molar-refractivity contribution is 5.87. The first-order valence-corrected chi connectivity index (χ1v) is 3.49. The van der Waals surface area contributed by atoms with Gasteiger partial charge in [0, 0.05) is 0 Å². The second-order valence-corrected chi connectivity index (χ2v) is 2.16. The quantitative estimate of drug-likeness (QED) is 0.305. The highest BCUT2D eigenvalue weighted by Crippen LogP contribution is 1.89. The Morgan fingerprint density at radius 2 is 2.08 bits per heavy atom. The Labute approximate surface area is 69.5 Å². The van der Waals surface area contributed by atoms with Gasteiger partial charge in [-0.05, 0) is 6.42 Å². The van der Waals surface area contributed by atoms with Crippen LogP contribution in [0.3, 0.4) is 0 Å². The van der Waals surface area contributed by atoms with Gasteiger partial charge in [0.1, 0.15) is 12.6 Å². The molecule has 1 atom stereocenters. The van der Waals surface area contributed by atoms with Crippen LogP contribution in [0.2, 0.25) is 0 Å². The van der Waals surface area contributed by atoms with Gasteiger partial charge in [-0.15, -0.1) is 0 Å². The van der Waals surface area contributed by atoms with Crippen LogP contribution < -0.4 is 10.8 Å². The van der Waals surface area contributed by atoms with Gasteiger partial charge in [0.2, 0.25) is 5.91 Å². The first-order valence-electron chi connectivity index (χ1n) is 3.49. The van der Waals surface area contributed by atoms with Gasteiger partial charge < -0.3 is 10.4 Å². The normalized spacial score (nSPS) is 11.9. The SMILES string of the molecule is CCC(NC(=O)CO)C(=O)NO. The standard InChI is InChI=1S/C6H12N2O4/c1-2-4(6(11)8-12)7-5(10)3-9/h4,9,12H,2-3H2,1H3,(H,7,10)(H,8,11). The number of rotatable bonds is 4. The Bertz CT molecular complexity index is 171. The third-order valence-corrected chi connectivity index (χ3v) is 1.31. The van der Waals surface area contributed by atoms with Gasteiger partial charge in [-0.25, -0.2) is 5.48 Å². The van der Waals surface area contributed by atoms with Crippen LogP contribution in [-0.2, 0) is 9.59 Å². The zero-order chi connectivity index (χ0) is 9.56. The summed E-state index contributed by atoms with van der Waals surface area (Å²) in [5.74, 6) is -1.34. The number of carbonyl (C=O) groups excluding carboxylic acids is 2. The fraction of sp³-hybridized carbons (Fsp3) is 0.667. The lowest BCUT2D eigenvalue weighted by Crippen LogP contribution is -2.46. The predicted octanol–water partition coefficient (Wildman–Crippen LogP) is -1.62. The van der Waals surface area contributed by atoms with Crippen molar-refractivity contribution in [3.8, 4) is 0 Å². The molecule has 70 valence electrons. The van der Waals surface area contributed by atoms with Crippen LogP contribution in [0.4, 0.5) is 0 Å². The number of hydrogen-bond acceptors (Lipinski definition) is 4. The average Bonchev–Trinajstić information content (AvgIpc) is 2.12. The average molecular weight is 176 g/mol. The molecule has 1 unspecified atom stereocenters. The molecule has 0 aromatic heterocycles. The number of aliphatic hydroxyl groups is 1. The number of hydrogen-bond donors (Lipinski definition) is 4. The summed E-state index contributed by atoms with van der Waals surface area (Å²) in [4.78, 5) is 21.3. The first-order chi connectivity index (χ1) is 5.65. The minimum absolute atomic E-state index is 0.345. The monoisotopic (exact) mass is 176 g/mol. The van der Waals surface area contributed by atoms with Crippen molar-refractivity contribution in [1.29, 1.82) is 0 Å². The fourth-order valence-corrected chi connectivity index (χ4v) is 0.671. The number of hydroxylamine groups is 1. The van der Waals surface area contributed by atoms with Gasteiger partial charge in [0.25, 0.3) is 5.91 Å². The molecule has 6 heteroatoms. The van der Waals surface area contributed by atoms with E-state index in [1.807, 2.05) is 0 Å². The molecule has 6 nitrogen and oxygen atoms in total. The van der Waals surface area contributed by atoms with Crippen molar-refractivity contribution < 1.29 is 19.9 Å². The molecule has 12 heavy (non-hydrogen) atoms. The molecule has 0 bridgehead atoms. The van der Waals surface area contributed by atoms with Crippen molar-refractivity contribution in [2.75, 3.05) is 6.61 Å². The van der Waals surface area contributed by atoms with E-state index in [1.165, 1.54) is 5.48 Å². The van der Waals surface area contributed by atoms with E-state index < -0.39 is 24.5 Å². The van der Waals surface area contributed by atoms with Gasteiger partial charge in [0.15, 0.2) is 0 Å². The Balaban J connectivity index is 3.99. The molecule has 0 rings (SSSR count). The summed E-state index contributed by atoms with van der Waals surface area (Å²) in [7, 11) is 0. The Morgan fingerprint density at radius 1 is 1.50 bits per heavy atom. The van der Waals surface area contributed by atoms with Crippen LogP contribution >= 0.6 is 0 Å². The molecule has 4 N–H and O–H groups in total. The summed E-state index contributed by atoms with van der Waals surface area (Å²) in [6.07, 6.45) is 0.345. The van der Waals surface area contributed by atoms with Gasteiger partial charge >= 0.3 is 0 Å². The Hall–Kier alpha value is -1.14. The van der Waals surface area contributed by atoms with E-state index in [2.05, 4.69) is 5.32 Å². The van der Waals surface area contributed by atoms with Crippen molar-refractivity contribution in [3.05, 3.63) is 0 Å². The molecule has 0 fully saturated rings. The van der Waals surface area contributed by atoms with Crippen molar-refractivity contribution >= 4 is 11.8 Å². The van der Waals surface area contributed by atoms with Gasteiger partial charge in [-0.1, -0.05) is 6.92 Å². The smallest absolute Gasteiger partial charge is 0.265 e. The van der Waals surface area contributed by atoms with Crippen LogP contribution in [0.1, 0.15) is 13.3 Å². The van der Waals surface area contributed by atoms with Gasteiger partial charge in [-0.3, -0.25) is 14.8 Å². The van der Waals surface area contributed by atoms with Crippen LogP contribution in [0.15, 0.2) is 0 Å². The van der Waals surface area contributed by atoms with E-state index >= 15 is 0 Å². The second-order valence-electron chi connectivity index (χ2n) is 2.16. The van der Waals surface area contributed by atoms with E-state index in [9.17, 15) is 9.59 Å². The molecule has 2 amide bonds.